The summed E-state index contributed by atoms with van der Waals surface area (Å²) in [4.78, 5) is 23.0. The van der Waals surface area contributed by atoms with Crippen molar-refractivity contribution >= 4 is 13.7 Å². The van der Waals surface area contributed by atoms with Gasteiger partial charge < -0.3 is 19.8 Å². The number of aliphatic hydroxyl groups is 1. The highest BCUT2D eigenvalue weighted by Gasteiger charge is 2.28. The molecule has 0 spiro atoms. The van der Waals surface area contributed by atoms with Crippen LogP contribution in [0.4, 0.5) is 0 Å². The number of nitrogens with one attached hydrogen (secondary N) is 1. The van der Waals surface area contributed by atoms with Gasteiger partial charge in [-0.3, -0.25) is 13.8 Å². The van der Waals surface area contributed by atoms with Crippen LogP contribution in [0.5, 0.6) is 0 Å². The van der Waals surface area contributed by atoms with Crippen molar-refractivity contribution < 1.29 is 32.9 Å². The lowest BCUT2D eigenvalue weighted by atomic mass is 10.0. The number of quaternary nitrogens is 1. The lowest BCUT2D eigenvalue weighted by molar-refractivity contribution is -0.870. The van der Waals surface area contributed by atoms with Gasteiger partial charge >= 0.3 is 7.82 Å². The van der Waals surface area contributed by atoms with Gasteiger partial charge in [-0.05, 0) is 12.8 Å². The molecular weight excluding hydrogens is 683 g/mol. The topological polar surface area (TPSA) is 105 Å². The molecular formula is C44H92N2O6P+. The molecule has 0 radical (unpaired) electrons. The van der Waals surface area contributed by atoms with E-state index in [2.05, 4.69) is 19.2 Å². The average Bonchev–Trinajstić information content (AvgIpc) is 3.10. The summed E-state index contributed by atoms with van der Waals surface area (Å²) >= 11 is 0. The molecule has 0 saturated heterocycles. The Balaban J connectivity index is 4.06. The Morgan fingerprint density at radius 3 is 1.26 bits per heavy atom. The molecule has 1 amide bonds. The maximum absolute atomic E-state index is 12.7. The van der Waals surface area contributed by atoms with Crippen LogP contribution in [0.1, 0.15) is 226 Å². The van der Waals surface area contributed by atoms with E-state index in [1.165, 1.54) is 161 Å². The molecule has 0 fully saturated rings. The van der Waals surface area contributed by atoms with Gasteiger partial charge in [-0.1, -0.05) is 206 Å². The lowest BCUT2D eigenvalue weighted by Gasteiger charge is -2.26. The van der Waals surface area contributed by atoms with Gasteiger partial charge in [0.15, 0.2) is 0 Å². The number of nitrogens with zero attached hydrogens (tertiary/aromatic N) is 1. The van der Waals surface area contributed by atoms with Crippen molar-refractivity contribution in [1.29, 1.82) is 0 Å². The Morgan fingerprint density at radius 1 is 0.566 bits per heavy atom. The summed E-state index contributed by atoms with van der Waals surface area (Å²) in [5.41, 5.74) is 0. The fraction of sp³-hybridized carbons (Fsp3) is 0.977. The predicted octanol–water partition coefficient (Wildman–Crippen LogP) is 12.6. The van der Waals surface area contributed by atoms with Crippen LogP contribution in [0.15, 0.2) is 0 Å². The Bertz CT molecular complexity index is 839. The third-order valence-electron chi connectivity index (χ3n) is 10.6. The zero-order valence-corrected chi connectivity index (χ0v) is 36.9. The maximum atomic E-state index is 12.7. The van der Waals surface area contributed by atoms with E-state index in [-0.39, 0.29) is 19.1 Å². The first-order valence-electron chi connectivity index (χ1n) is 22.9. The number of phosphoric acid groups is 1. The SMILES string of the molecule is CCCCCCCCCCCCCCCCCCCCCCCCCCC(O)C(COP(=O)(O)OCC[N+](C)(C)C)NC(=O)CCCCCCCCC. The molecule has 0 aliphatic rings. The van der Waals surface area contributed by atoms with Crippen molar-refractivity contribution in [2.75, 3.05) is 40.9 Å². The first-order chi connectivity index (χ1) is 25.5. The molecule has 0 aromatic heterocycles. The summed E-state index contributed by atoms with van der Waals surface area (Å²) in [7, 11) is 1.63. The van der Waals surface area contributed by atoms with E-state index in [1.807, 2.05) is 21.1 Å². The third kappa shape index (κ3) is 39.5. The van der Waals surface area contributed by atoms with Crippen molar-refractivity contribution in [1.82, 2.24) is 5.32 Å². The Kier molecular flexibility index (Phi) is 36.7. The minimum atomic E-state index is -4.30. The second-order valence-corrected chi connectivity index (χ2v) is 18.6. The van der Waals surface area contributed by atoms with Gasteiger partial charge in [-0.25, -0.2) is 4.57 Å². The molecule has 3 unspecified atom stereocenters. The highest BCUT2D eigenvalue weighted by atomic mass is 31.2. The third-order valence-corrected chi connectivity index (χ3v) is 11.6. The van der Waals surface area contributed by atoms with Crippen LogP contribution in [0, 0.1) is 0 Å². The van der Waals surface area contributed by atoms with Gasteiger partial charge in [0.2, 0.25) is 5.91 Å². The number of carbonyl (C=O) groups is 1. The van der Waals surface area contributed by atoms with Gasteiger partial charge in [0.05, 0.1) is 39.9 Å². The first kappa shape index (κ1) is 52.5. The highest BCUT2D eigenvalue weighted by molar-refractivity contribution is 7.47. The fourth-order valence-electron chi connectivity index (χ4n) is 6.93. The van der Waals surface area contributed by atoms with E-state index in [1.54, 1.807) is 0 Å². The van der Waals surface area contributed by atoms with E-state index in [9.17, 15) is 19.4 Å². The van der Waals surface area contributed by atoms with Crippen molar-refractivity contribution in [2.24, 2.45) is 0 Å². The van der Waals surface area contributed by atoms with Crippen LogP contribution in [-0.4, -0.2) is 73.4 Å². The summed E-state index contributed by atoms with van der Waals surface area (Å²) in [6.07, 6.45) is 40.2. The number of amides is 1. The van der Waals surface area contributed by atoms with Crippen LogP contribution in [0.25, 0.3) is 0 Å². The van der Waals surface area contributed by atoms with Crippen molar-refractivity contribution in [3.63, 3.8) is 0 Å². The van der Waals surface area contributed by atoms with E-state index in [4.69, 9.17) is 9.05 Å². The van der Waals surface area contributed by atoms with Crippen LogP contribution in [-0.2, 0) is 18.4 Å². The second-order valence-electron chi connectivity index (χ2n) is 17.1. The van der Waals surface area contributed by atoms with Gasteiger partial charge in [-0.2, -0.15) is 0 Å². The van der Waals surface area contributed by atoms with Crippen LogP contribution in [0.2, 0.25) is 0 Å². The summed E-state index contributed by atoms with van der Waals surface area (Å²) in [6, 6.07) is -0.751. The monoisotopic (exact) mass is 776 g/mol. The van der Waals surface area contributed by atoms with Crippen molar-refractivity contribution in [3.05, 3.63) is 0 Å². The summed E-state index contributed by atoms with van der Waals surface area (Å²) in [5, 5.41) is 13.9. The number of phosphoric ester groups is 1. The fourth-order valence-corrected chi connectivity index (χ4v) is 7.67. The van der Waals surface area contributed by atoms with Crippen LogP contribution >= 0.6 is 7.82 Å². The number of hydrogen-bond acceptors (Lipinski definition) is 5. The molecule has 0 bridgehead atoms. The molecule has 9 heteroatoms. The number of carbonyl (C=O) groups excluding carboxylic acids is 1. The lowest BCUT2D eigenvalue weighted by Crippen LogP contribution is -2.46. The van der Waals surface area contributed by atoms with Gasteiger partial charge in [0.25, 0.3) is 0 Å². The molecule has 0 heterocycles. The Labute approximate surface area is 329 Å². The number of hydrogen-bond donors (Lipinski definition) is 3. The smallest absolute Gasteiger partial charge is 0.391 e. The maximum Gasteiger partial charge on any atom is 0.472 e. The Hall–Kier alpha value is -0.500. The predicted molar refractivity (Wildman–Crippen MR) is 226 cm³/mol. The van der Waals surface area contributed by atoms with E-state index >= 15 is 0 Å². The standard InChI is InChI=1S/C44H91N2O6P/c1-6-8-10-12-14-15-16-17-18-19-20-21-22-23-24-25-26-27-28-29-30-32-33-35-37-43(47)42(41-52-53(49,50)51-40-39-46(3,4)5)45-44(48)38-36-34-31-13-11-9-7-2/h42-43,47H,6-41H2,1-5H3,(H-,45,48,49,50)/p+1. The molecule has 3 atom stereocenters. The van der Waals surface area contributed by atoms with Crippen molar-refractivity contribution in [2.45, 2.75) is 238 Å². The Morgan fingerprint density at radius 2 is 0.906 bits per heavy atom. The molecule has 53 heavy (non-hydrogen) atoms. The molecule has 0 saturated carbocycles. The zero-order chi connectivity index (χ0) is 39.3. The molecule has 3 N–H and O–H groups in total. The summed E-state index contributed by atoms with van der Waals surface area (Å²) < 4.78 is 23.5. The molecule has 318 valence electrons. The van der Waals surface area contributed by atoms with E-state index < -0.39 is 20.0 Å². The van der Waals surface area contributed by atoms with Gasteiger partial charge in [-0.15, -0.1) is 0 Å². The number of unbranched alkanes of at least 4 members (excludes halogenated alkanes) is 29. The van der Waals surface area contributed by atoms with E-state index in [0.717, 1.165) is 38.5 Å². The van der Waals surface area contributed by atoms with Gasteiger partial charge in [0, 0.05) is 6.42 Å². The van der Waals surface area contributed by atoms with Crippen LogP contribution in [0.3, 0.4) is 0 Å². The highest BCUT2D eigenvalue weighted by Crippen LogP contribution is 2.43. The zero-order valence-electron chi connectivity index (χ0n) is 36.0. The van der Waals surface area contributed by atoms with Crippen LogP contribution < -0.4 is 5.32 Å². The molecule has 8 nitrogen and oxygen atoms in total. The molecule has 0 aliphatic carbocycles. The number of likely N-dealkylation sites (N-methyl/N-ethyl adjacent to an activating group) is 1. The molecule has 0 aromatic carbocycles. The molecule has 0 aliphatic heterocycles. The molecule has 0 rings (SSSR count). The minimum Gasteiger partial charge on any atom is -0.391 e. The normalized spacial score (nSPS) is 14.3. The van der Waals surface area contributed by atoms with E-state index in [0.29, 0.717) is 23.9 Å². The van der Waals surface area contributed by atoms with Crippen molar-refractivity contribution in [3.8, 4) is 0 Å². The summed E-state index contributed by atoms with van der Waals surface area (Å²) in [5.74, 6) is -0.149. The average molecular weight is 776 g/mol. The first-order valence-corrected chi connectivity index (χ1v) is 24.4. The quantitative estimate of drug-likeness (QED) is 0.0324. The largest absolute Gasteiger partial charge is 0.472 e. The minimum absolute atomic E-state index is 0.0780. The second kappa shape index (κ2) is 37.1. The summed E-state index contributed by atoms with van der Waals surface area (Å²) in [6.45, 7) is 4.86. The molecule has 0 aromatic rings. The number of rotatable bonds is 42. The van der Waals surface area contributed by atoms with Gasteiger partial charge in [0.1, 0.15) is 13.2 Å². The number of aliphatic hydroxyl groups excluding tert-OH is 1.